The van der Waals surface area contributed by atoms with Crippen molar-refractivity contribution >= 4 is 34.0 Å². The Morgan fingerprint density at radius 1 is 0.833 bits per heavy atom. The van der Waals surface area contributed by atoms with Gasteiger partial charge in [-0.25, -0.2) is 26.9 Å². The third kappa shape index (κ3) is 3.84. The number of nitrogens with zero attached hydrogens (tertiary/aromatic N) is 1. The Morgan fingerprint density at radius 3 is 2.00 bits per heavy atom. The van der Waals surface area contributed by atoms with Crippen LogP contribution in [0.3, 0.4) is 0 Å². The summed E-state index contributed by atoms with van der Waals surface area (Å²) in [7, 11) is 2.79. The fourth-order valence-corrected chi connectivity index (χ4v) is 5.28. The number of aliphatic imine (C=N–C) groups is 1. The molecule has 0 amide bonds. The third-order valence-corrected chi connectivity index (χ3v) is 7.23. The number of hydrogen-bond donors (Lipinski definition) is 1. The molecular formula is C25H15F5N2O2S2. The monoisotopic (exact) mass is 534 g/mol. The Labute approximate surface area is 209 Å². The minimum atomic E-state index is -2.25. The Morgan fingerprint density at radius 2 is 1.44 bits per heavy atom. The maximum atomic E-state index is 15.1. The minimum absolute atomic E-state index is 0.0383. The molecule has 0 aliphatic carbocycles. The number of thiophene rings is 2. The fraction of sp³-hybridized carbons (Fsp3) is 0.0800. The molecular weight excluding hydrogens is 519 g/mol. The molecule has 3 aromatic heterocycles. The highest BCUT2D eigenvalue weighted by Gasteiger charge is 2.33. The van der Waals surface area contributed by atoms with E-state index >= 15 is 8.78 Å². The van der Waals surface area contributed by atoms with E-state index in [1.54, 1.807) is 29.6 Å². The summed E-state index contributed by atoms with van der Waals surface area (Å²) in [6.45, 7) is 0. The number of H-pyrrole nitrogens is 1. The van der Waals surface area contributed by atoms with Crippen LogP contribution in [0.25, 0.3) is 16.1 Å². The van der Waals surface area contributed by atoms with Crippen LogP contribution in [-0.2, 0) is 4.74 Å². The first-order valence-corrected chi connectivity index (χ1v) is 12.1. The number of allylic oxidation sites excluding steroid dienone is 2. The van der Waals surface area contributed by atoms with Crippen molar-refractivity contribution in [3.05, 3.63) is 104 Å². The largest absolute Gasteiger partial charge is 0.494 e. The van der Waals surface area contributed by atoms with E-state index in [4.69, 9.17) is 9.47 Å². The highest BCUT2D eigenvalue weighted by molar-refractivity contribution is 7.13. The van der Waals surface area contributed by atoms with Gasteiger partial charge in [-0.05, 0) is 22.9 Å². The van der Waals surface area contributed by atoms with Crippen molar-refractivity contribution in [1.29, 1.82) is 0 Å². The summed E-state index contributed by atoms with van der Waals surface area (Å²) in [4.78, 5) is 8.94. The van der Waals surface area contributed by atoms with Crippen molar-refractivity contribution in [3.8, 4) is 16.3 Å². The number of halogens is 5. The van der Waals surface area contributed by atoms with Crippen LogP contribution in [0.4, 0.5) is 22.0 Å². The highest BCUT2D eigenvalue weighted by atomic mass is 32.1. The number of rotatable bonds is 6. The molecule has 0 spiro atoms. The predicted molar refractivity (Wildman–Crippen MR) is 129 cm³/mol. The van der Waals surface area contributed by atoms with Crippen LogP contribution in [0.1, 0.15) is 16.1 Å². The van der Waals surface area contributed by atoms with Gasteiger partial charge in [-0.1, -0.05) is 12.1 Å². The molecule has 4 nitrogen and oxygen atoms in total. The van der Waals surface area contributed by atoms with Gasteiger partial charge in [0.1, 0.15) is 17.2 Å². The van der Waals surface area contributed by atoms with E-state index in [0.717, 1.165) is 4.88 Å². The smallest absolute Gasteiger partial charge is 0.200 e. The Kier molecular flexibility index (Phi) is 6.27. The average Bonchev–Trinajstić information content (AvgIpc) is 3.68. The van der Waals surface area contributed by atoms with E-state index in [1.807, 2.05) is 5.38 Å². The second-order valence-electron chi connectivity index (χ2n) is 7.46. The van der Waals surface area contributed by atoms with Gasteiger partial charge < -0.3 is 14.5 Å². The molecule has 5 rings (SSSR count). The molecule has 0 unspecified atom stereocenters. The number of methoxy groups -OCH3 is 2. The Hall–Kier alpha value is -3.70. The van der Waals surface area contributed by atoms with Gasteiger partial charge in [0.05, 0.1) is 46.6 Å². The third-order valence-electron chi connectivity index (χ3n) is 5.46. The maximum absolute atomic E-state index is 15.1. The van der Waals surface area contributed by atoms with Crippen LogP contribution in [0.15, 0.2) is 63.6 Å². The summed E-state index contributed by atoms with van der Waals surface area (Å²) in [5, 5.41) is 3.63. The SMILES string of the molecule is COC1=C/C(=C(\c2cc(OC)c(-c3cccs3)[nH]2)c2c(F)c(F)c(F)c(F)c2F)N=C1c1cccs1. The van der Waals surface area contributed by atoms with E-state index in [-0.39, 0.29) is 22.7 Å². The molecule has 0 atom stereocenters. The summed E-state index contributed by atoms with van der Waals surface area (Å²) in [6, 6.07) is 8.56. The van der Waals surface area contributed by atoms with Gasteiger partial charge in [0.2, 0.25) is 5.82 Å². The molecule has 184 valence electrons. The maximum Gasteiger partial charge on any atom is 0.200 e. The Bertz CT molecular complexity index is 1520. The molecule has 0 bridgehead atoms. The lowest BCUT2D eigenvalue weighted by Crippen LogP contribution is -2.08. The lowest BCUT2D eigenvalue weighted by Gasteiger charge is -2.12. The first kappa shape index (κ1) is 24.0. The lowest BCUT2D eigenvalue weighted by atomic mass is 9.98. The average molecular weight is 535 g/mol. The van der Waals surface area contributed by atoms with Crippen LogP contribution < -0.4 is 4.74 Å². The number of ether oxygens (including phenoxy) is 2. The number of aromatic nitrogens is 1. The van der Waals surface area contributed by atoms with E-state index in [2.05, 4.69) is 9.98 Å². The van der Waals surface area contributed by atoms with Gasteiger partial charge in [-0.2, -0.15) is 0 Å². The number of benzene rings is 1. The summed E-state index contributed by atoms with van der Waals surface area (Å²) < 4.78 is 83.5. The van der Waals surface area contributed by atoms with Crippen molar-refractivity contribution in [2.45, 2.75) is 0 Å². The van der Waals surface area contributed by atoms with Crippen LogP contribution in [0.2, 0.25) is 0 Å². The second-order valence-corrected chi connectivity index (χ2v) is 9.35. The normalized spacial score (nSPS) is 14.6. The number of hydrogen-bond acceptors (Lipinski definition) is 5. The number of aromatic amines is 1. The summed E-state index contributed by atoms with van der Waals surface area (Å²) in [6.07, 6.45) is 1.39. The van der Waals surface area contributed by atoms with Crippen molar-refractivity contribution in [2.75, 3.05) is 14.2 Å². The number of nitrogens with one attached hydrogen (secondary N) is 1. The van der Waals surface area contributed by atoms with Crippen LogP contribution in [-0.4, -0.2) is 24.9 Å². The molecule has 1 aromatic carbocycles. The van der Waals surface area contributed by atoms with Gasteiger partial charge in [-0.3, -0.25) is 0 Å². The van der Waals surface area contributed by atoms with Gasteiger partial charge in [-0.15, -0.1) is 22.7 Å². The van der Waals surface area contributed by atoms with Crippen molar-refractivity contribution in [3.63, 3.8) is 0 Å². The zero-order chi connectivity index (χ0) is 25.6. The van der Waals surface area contributed by atoms with Gasteiger partial charge in [0.15, 0.2) is 23.3 Å². The molecule has 0 saturated carbocycles. The molecule has 0 saturated heterocycles. The minimum Gasteiger partial charge on any atom is -0.494 e. The molecule has 1 aliphatic heterocycles. The lowest BCUT2D eigenvalue weighted by molar-refractivity contribution is 0.316. The molecule has 1 aliphatic rings. The van der Waals surface area contributed by atoms with Gasteiger partial charge >= 0.3 is 0 Å². The molecule has 36 heavy (non-hydrogen) atoms. The van der Waals surface area contributed by atoms with Gasteiger partial charge in [0.25, 0.3) is 0 Å². The van der Waals surface area contributed by atoms with Crippen LogP contribution in [0.5, 0.6) is 5.75 Å². The zero-order valence-corrected chi connectivity index (χ0v) is 20.2. The molecule has 0 fully saturated rings. The second kappa shape index (κ2) is 9.40. The molecule has 0 radical (unpaired) electrons. The standard InChI is InChI=1S/C25H15F5N2O2S2/c1-33-13-9-11(31-24(13)15-5-3-7-35-15)17(18-19(26)21(28)23(30)22(29)20(18)27)12-10-14(34-2)25(32-12)16-6-4-8-36-16/h3-10,31H,1-2H3/b17-12-. The topological polar surface area (TPSA) is 46.6 Å². The fourth-order valence-electron chi connectivity index (χ4n) is 3.83. The van der Waals surface area contributed by atoms with Crippen LogP contribution in [0, 0.1) is 29.1 Å². The van der Waals surface area contributed by atoms with Gasteiger partial charge in [0, 0.05) is 17.7 Å². The quantitative estimate of drug-likeness (QED) is 0.160. The van der Waals surface area contributed by atoms with E-state index < -0.39 is 34.6 Å². The summed E-state index contributed by atoms with van der Waals surface area (Å²) in [5.41, 5.74) is -0.644. The van der Waals surface area contributed by atoms with E-state index in [0.29, 0.717) is 22.0 Å². The molecule has 11 heteroatoms. The summed E-state index contributed by atoms with van der Waals surface area (Å²) >= 11 is 2.72. The molecule has 1 N–H and O–H groups in total. The molecule has 4 aromatic rings. The zero-order valence-electron chi connectivity index (χ0n) is 18.6. The van der Waals surface area contributed by atoms with Crippen molar-refractivity contribution in [2.24, 2.45) is 4.99 Å². The van der Waals surface area contributed by atoms with Crippen molar-refractivity contribution in [1.82, 2.24) is 4.98 Å². The van der Waals surface area contributed by atoms with E-state index in [9.17, 15) is 13.2 Å². The first-order valence-electron chi connectivity index (χ1n) is 10.3. The summed E-state index contributed by atoms with van der Waals surface area (Å²) in [5.74, 6) is -9.74. The van der Waals surface area contributed by atoms with E-state index in [1.165, 1.54) is 49.0 Å². The Balaban J connectivity index is 1.85. The van der Waals surface area contributed by atoms with Crippen molar-refractivity contribution < 1.29 is 31.4 Å². The predicted octanol–water partition coefficient (Wildman–Crippen LogP) is 7.30. The highest BCUT2D eigenvalue weighted by Crippen LogP contribution is 2.42. The first-order chi connectivity index (χ1) is 17.3. The van der Waals surface area contributed by atoms with Crippen LogP contribution >= 0.6 is 22.7 Å². The molecule has 4 heterocycles.